The molecular weight excluding hydrogens is 512 g/mol. The fourth-order valence-electron chi connectivity index (χ4n) is 3.87. The molecule has 0 spiro atoms. The van der Waals surface area contributed by atoms with E-state index < -0.39 is 43.2 Å². The maximum Gasteiger partial charge on any atom is 0.327 e. The lowest BCUT2D eigenvalue weighted by Crippen LogP contribution is -2.34. The van der Waals surface area contributed by atoms with E-state index in [-0.39, 0.29) is 24.6 Å². The quantitative estimate of drug-likeness (QED) is 0.416. The number of aliphatic hydroxyl groups excluding tert-OH is 2. The summed E-state index contributed by atoms with van der Waals surface area (Å²) in [5, 5.41) is 21.5. The monoisotopic (exact) mass is 531 g/mol. The van der Waals surface area contributed by atoms with Crippen LogP contribution in [-0.2, 0) is 30.1 Å². The Kier molecular flexibility index (Phi) is 6.57. The predicted molar refractivity (Wildman–Crippen MR) is 122 cm³/mol. The SMILES string of the molecule is Nc1ncnc2c1ncn2[C@@H]1O[C@H](COP2(=S)OCCC(c3cc(Cl)ccc3F)O2)[C@H](O)[C@@H]1O. The molecule has 2 fully saturated rings. The molecule has 15 heteroatoms. The average Bonchev–Trinajstić information content (AvgIpc) is 3.36. The summed E-state index contributed by atoms with van der Waals surface area (Å²) in [4.78, 5) is 12.1. The summed E-state index contributed by atoms with van der Waals surface area (Å²) in [5.41, 5.74) is 6.74. The second-order valence-corrected chi connectivity index (χ2v) is 11.2. The molecule has 6 atom stereocenters. The summed E-state index contributed by atoms with van der Waals surface area (Å²) in [6.45, 7) is -3.35. The molecular formula is C19H20ClFN5O6PS. The van der Waals surface area contributed by atoms with Gasteiger partial charge in [-0.3, -0.25) is 4.57 Å². The van der Waals surface area contributed by atoms with Crippen molar-refractivity contribution < 1.29 is 32.9 Å². The van der Waals surface area contributed by atoms with Gasteiger partial charge in [-0.05, 0) is 30.0 Å². The second kappa shape index (κ2) is 9.34. The van der Waals surface area contributed by atoms with Crippen molar-refractivity contribution in [3.05, 3.63) is 47.3 Å². The topological polar surface area (TPSA) is 147 Å². The average molecular weight is 532 g/mol. The van der Waals surface area contributed by atoms with Gasteiger partial charge in [-0.1, -0.05) is 11.6 Å². The third-order valence-corrected chi connectivity index (χ3v) is 8.19. The predicted octanol–water partition coefficient (Wildman–Crippen LogP) is 2.24. The highest BCUT2D eigenvalue weighted by atomic mass is 35.5. The fourth-order valence-corrected chi connectivity index (χ4v) is 6.15. The maximum atomic E-state index is 14.3. The molecule has 5 rings (SSSR count). The van der Waals surface area contributed by atoms with Gasteiger partial charge in [0.1, 0.15) is 36.0 Å². The molecule has 2 saturated heterocycles. The Morgan fingerprint density at radius 3 is 2.94 bits per heavy atom. The van der Waals surface area contributed by atoms with Gasteiger partial charge in [0, 0.05) is 17.0 Å². The number of rotatable bonds is 5. The van der Waals surface area contributed by atoms with Gasteiger partial charge in [-0.15, -0.1) is 0 Å². The minimum Gasteiger partial charge on any atom is -0.387 e. The van der Waals surface area contributed by atoms with Gasteiger partial charge < -0.3 is 34.3 Å². The zero-order chi connectivity index (χ0) is 24.0. The van der Waals surface area contributed by atoms with Crippen LogP contribution in [0.15, 0.2) is 30.9 Å². The number of ether oxygens (including phenoxy) is 1. The lowest BCUT2D eigenvalue weighted by molar-refractivity contribution is -0.0533. The van der Waals surface area contributed by atoms with Gasteiger partial charge >= 0.3 is 6.72 Å². The van der Waals surface area contributed by atoms with Crippen molar-refractivity contribution in [2.45, 2.75) is 37.1 Å². The van der Waals surface area contributed by atoms with Crippen LogP contribution in [-0.4, -0.2) is 61.3 Å². The van der Waals surface area contributed by atoms with Crippen molar-refractivity contribution in [3.8, 4) is 0 Å². The number of imidazole rings is 1. The van der Waals surface area contributed by atoms with E-state index in [2.05, 4.69) is 15.0 Å². The number of hydrogen-bond acceptors (Lipinski definition) is 11. The number of aliphatic hydroxyl groups is 2. The van der Waals surface area contributed by atoms with E-state index in [1.165, 1.54) is 35.4 Å². The first-order valence-electron chi connectivity index (χ1n) is 10.2. The summed E-state index contributed by atoms with van der Waals surface area (Å²) in [7, 11) is 0. The van der Waals surface area contributed by atoms with E-state index in [1.807, 2.05) is 0 Å². The number of fused-ring (bicyclic) bond motifs is 1. The van der Waals surface area contributed by atoms with Crippen LogP contribution >= 0.6 is 18.3 Å². The largest absolute Gasteiger partial charge is 0.387 e. The van der Waals surface area contributed by atoms with E-state index >= 15 is 0 Å². The molecule has 1 aromatic carbocycles. The molecule has 2 aliphatic heterocycles. The molecule has 4 N–H and O–H groups in total. The first-order chi connectivity index (χ1) is 16.3. The van der Waals surface area contributed by atoms with Crippen molar-refractivity contribution in [2.75, 3.05) is 18.9 Å². The molecule has 2 aliphatic rings. The number of nitrogens with zero attached hydrogens (tertiary/aromatic N) is 4. The highest BCUT2D eigenvalue weighted by Gasteiger charge is 2.45. The standard InChI is InChI=1S/C19H20ClFN5O6PS/c20-9-1-2-11(21)10(5-9)12-3-4-29-33(34,32-12)30-6-13-15(27)16(28)19(31-13)26-8-25-14-17(22)23-7-24-18(14)26/h1-2,5,7-8,12-13,15-16,19,27-28H,3-4,6H2,(H2,22,23,24)/t12?,13-,15+,16+,19-,33?/m1/s1. The highest BCUT2D eigenvalue weighted by molar-refractivity contribution is 8.07. The van der Waals surface area contributed by atoms with E-state index in [0.29, 0.717) is 22.6 Å². The second-order valence-electron chi connectivity index (χ2n) is 7.75. The third-order valence-electron chi connectivity index (χ3n) is 5.59. The van der Waals surface area contributed by atoms with Crippen LogP contribution in [0.1, 0.15) is 24.3 Å². The number of nitrogen functional groups attached to an aromatic ring is 1. The molecule has 11 nitrogen and oxygen atoms in total. The number of nitrogens with two attached hydrogens (primary N) is 1. The Morgan fingerprint density at radius 1 is 1.29 bits per heavy atom. The van der Waals surface area contributed by atoms with Gasteiger partial charge in [0.2, 0.25) is 0 Å². The molecule has 0 bridgehead atoms. The van der Waals surface area contributed by atoms with Crippen molar-refractivity contribution >= 4 is 47.1 Å². The van der Waals surface area contributed by atoms with E-state index in [1.54, 1.807) is 0 Å². The van der Waals surface area contributed by atoms with E-state index in [4.69, 9.17) is 47.4 Å². The van der Waals surface area contributed by atoms with Crippen molar-refractivity contribution in [1.82, 2.24) is 19.5 Å². The Balaban J connectivity index is 1.28. The first-order valence-corrected chi connectivity index (χ1v) is 13.2. The van der Waals surface area contributed by atoms with Crippen LogP contribution in [0.25, 0.3) is 11.2 Å². The summed E-state index contributed by atoms with van der Waals surface area (Å²) < 4.78 is 38.7. The highest BCUT2D eigenvalue weighted by Crippen LogP contribution is 2.58. The zero-order valence-electron chi connectivity index (χ0n) is 17.4. The normalized spacial score (nSPS) is 31.8. The number of anilines is 1. The number of benzene rings is 1. The Hall–Kier alpha value is -1.80. The van der Waals surface area contributed by atoms with Gasteiger partial charge in [0.15, 0.2) is 17.7 Å². The number of aromatic nitrogens is 4. The molecule has 0 saturated carbocycles. The molecule has 0 aliphatic carbocycles. The summed E-state index contributed by atoms with van der Waals surface area (Å²) in [5.74, 6) is -0.304. The summed E-state index contributed by atoms with van der Waals surface area (Å²) in [6.07, 6.45) is -2.29. The molecule has 34 heavy (non-hydrogen) atoms. The van der Waals surface area contributed by atoms with Gasteiger partial charge in [0.25, 0.3) is 0 Å². The minimum absolute atomic E-state index is 0.173. The number of halogens is 2. The summed E-state index contributed by atoms with van der Waals surface area (Å²) in [6, 6.07) is 4.17. The van der Waals surface area contributed by atoms with Crippen LogP contribution in [0.3, 0.4) is 0 Å². The van der Waals surface area contributed by atoms with Gasteiger partial charge in [-0.2, -0.15) is 0 Å². The van der Waals surface area contributed by atoms with Crippen LogP contribution in [0.2, 0.25) is 5.02 Å². The molecule has 0 radical (unpaired) electrons. The van der Waals surface area contributed by atoms with E-state index in [9.17, 15) is 14.6 Å². The van der Waals surface area contributed by atoms with Gasteiger partial charge in [0.05, 0.1) is 25.6 Å². The number of hydrogen-bond donors (Lipinski definition) is 3. The molecule has 182 valence electrons. The zero-order valence-corrected chi connectivity index (χ0v) is 19.9. The van der Waals surface area contributed by atoms with Crippen molar-refractivity contribution in [3.63, 3.8) is 0 Å². The van der Waals surface area contributed by atoms with Crippen molar-refractivity contribution in [1.29, 1.82) is 0 Å². The lowest BCUT2D eigenvalue weighted by atomic mass is 10.1. The minimum atomic E-state index is -3.30. The summed E-state index contributed by atoms with van der Waals surface area (Å²) >= 11 is 11.4. The van der Waals surface area contributed by atoms with Gasteiger partial charge in [-0.25, -0.2) is 19.3 Å². The van der Waals surface area contributed by atoms with Crippen LogP contribution in [0, 0.1) is 5.82 Å². The molecule has 2 unspecified atom stereocenters. The lowest BCUT2D eigenvalue weighted by Gasteiger charge is -2.32. The molecule has 4 heterocycles. The molecule has 0 amide bonds. The smallest absolute Gasteiger partial charge is 0.327 e. The van der Waals surface area contributed by atoms with Crippen LogP contribution in [0.4, 0.5) is 10.2 Å². The maximum absolute atomic E-state index is 14.3. The Bertz CT molecular complexity index is 1270. The molecule has 3 aromatic rings. The Labute approximate surface area is 202 Å². The van der Waals surface area contributed by atoms with Crippen LogP contribution in [0.5, 0.6) is 0 Å². The van der Waals surface area contributed by atoms with Crippen molar-refractivity contribution in [2.24, 2.45) is 0 Å². The molecule has 2 aromatic heterocycles. The van der Waals surface area contributed by atoms with Crippen LogP contribution < -0.4 is 5.73 Å². The Morgan fingerprint density at radius 2 is 2.12 bits per heavy atom. The first kappa shape index (κ1) is 23.9. The van der Waals surface area contributed by atoms with E-state index in [0.717, 1.165) is 0 Å². The fraction of sp³-hybridized carbons (Fsp3) is 0.421. The third kappa shape index (κ3) is 4.43.